The Hall–Kier alpha value is -2.16. The molecule has 1 amide bonds. The molecule has 1 fully saturated rings. The van der Waals surface area contributed by atoms with E-state index < -0.39 is 18.0 Å². The summed E-state index contributed by atoms with van der Waals surface area (Å²) in [5, 5.41) is 11.5. The van der Waals surface area contributed by atoms with Crippen LogP contribution in [0.5, 0.6) is 0 Å². The largest absolute Gasteiger partial charge is 0.306 e. The molecule has 0 atom stereocenters. The first kappa shape index (κ1) is 21.1. The van der Waals surface area contributed by atoms with Crippen molar-refractivity contribution in [2.75, 3.05) is 5.32 Å². The number of hydrogen-bond donors (Lipinski definition) is 1. The molecule has 0 bridgehead atoms. The molecule has 1 saturated carbocycles. The molecule has 2 heterocycles. The molecule has 0 aliphatic heterocycles. The van der Waals surface area contributed by atoms with Crippen LogP contribution in [0.1, 0.15) is 42.1 Å². The van der Waals surface area contributed by atoms with Crippen LogP contribution in [0, 0.1) is 0 Å². The molecular formula is C19H16Cl3F2N5O. The zero-order valence-electron chi connectivity index (χ0n) is 15.5. The number of nitrogens with one attached hydrogen (secondary N) is 1. The smallest absolute Gasteiger partial charge is 0.283 e. The van der Waals surface area contributed by atoms with Gasteiger partial charge in [-0.3, -0.25) is 14.2 Å². The Labute approximate surface area is 185 Å². The summed E-state index contributed by atoms with van der Waals surface area (Å²) in [6, 6.07) is 7.26. The summed E-state index contributed by atoms with van der Waals surface area (Å²) < 4.78 is 29.1. The van der Waals surface area contributed by atoms with Crippen LogP contribution >= 0.6 is 34.8 Å². The molecule has 0 saturated heterocycles. The topological polar surface area (TPSA) is 64.7 Å². The molecule has 3 aromatic rings. The van der Waals surface area contributed by atoms with E-state index in [1.54, 1.807) is 23.0 Å². The van der Waals surface area contributed by atoms with Gasteiger partial charge in [-0.05, 0) is 30.5 Å². The maximum atomic E-state index is 13.1. The third-order valence-corrected chi connectivity index (χ3v) is 5.57. The van der Waals surface area contributed by atoms with E-state index in [9.17, 15) is 13.6 Å². The lowest BCUT2D eigenvalue weighted by Gasteiger charge is -2.07. The molecule has 30 heavy (non-hydrogen) atoms. The second-order valence-corrected chi connectivity index (χ2v) is 8.24. The van der Waals surface area contributed by atoms with E-state index in [4.69, 9.17) is 34.8 Å². The van der Waals surface area contributed by atoms with Crippen molar-refractivity contribution >= 4 is 46.5 Å². The first-order valence-electron chi connectivity index (χ1n) is 9.13. The lowest BCUT2D eigenvalue weighted by atomic mass is 10.2. The van der Waals surface area contributed by atoms with Crippen LogP contribution < -0.4 is 5.32 Å². The number of hydrogen-bond acceptors (Lipinski definition) is 3. The highest BCUT2D eigenvalue weighted by molar-refractivity contribution is 6.33. The highest BCUT2D eigenvalue weighted by Crippen LogP contribution is 2.45. The van der Waals surface area contributed by atoms with Crippen molar-refractivity contribution in [3.05, 3.63) is 62.5 Å². The van der Waals surface area contributed by atoms with Gasteiger partial charge in [-0.25, -0.2) is 8.78 Å². The molecule has 0 spiro atoms. The van der Waals surface area contributed by atoms with Crippen molar-refractivity contribution < 1.29 is 13.6 Å². The standard InChI is InChI=1S/C19H16Cl3F2N5O/c20-12-5-1-10(2-6-12)7-28-8-13(21)19(27-28)25-14(30)9-29-17(11-3-4-11)15(22)16(26-29)18(23)24/h1-2,5-6,8,11,18H,3-4,7,9H2,(H,25,27,30). The Morgan fingerprint density at radius 2 is 1.87 bits per heavy atom. The van der Waals surface area contributed by atoms with E-state index in [1.807, 2.05) is 12.1 Å². The Bertz CT molecular complexity index is 1080. The van der Waals surface area contributed by atoms with Gasteiger partial charge in [-0.2, -0.15) is 10.2 Å². The summed E-state index contributed by atoms with van der Waals surface area (Å²) in [5.41, 5.74) is 0.925. The Kier molecular flexibility index (Phi) is 5.99. The van der Waals surface area contributed by atoms with Gasteiger partial charge in [0, 0.05) is 17.1 Å². The number of aromatic nitrogens is 4. The van der Waals surface area contributed by atoms with Crippen LogP contribution in [0.2, 0.25) is 15.1 Å². The van der Waals surface area contributed by atoms with Gasteiger partial charge in [0.2, 0.25) is 5.91 Å². The number of halogens is 5. The van der Waals surface area contributed by atoms with Gasteiger partial charge < -0.3 is 5.32 Å². The molecule has 2 aromatic heterocycles. The molecule has 6 nitrogen and oxygen atoms in total. The molecular weight excluding hydrogens is 459 g/mol. The number of carbonyl (C=O) groups is 1. The third kappa shape index (κ3) is 4.61. The predicted molar refractivity (Wildman–Crippen MR) is 111 cm³/mol. The highest BCUT2D eigenvalue weighted by atomic mass is 35.5. The van der Waals surface area contributed by atoms with Crippen molar-refractivity contribution in [2.45, 2.75) is 38.3 Å². The molecule has 1 aliphatic carbocycles. The Morgan fingerprint density at radius 3 is 2.50 bits per heavy atom. The fraction of sp³-hybridized carbons (Fsp3) is 0.316. The second-order valence-electron chi connectivity index (χ2n) is 7.01. The fourth-order valence-corrected chi connectivity index (χ4v) is 3.82. The van der Waals surface area contributed by atoms with Gasteiger partial charge in [-0.1, -0.05) is 46.9 Å². The Balaban J connectivity index is 1.46. The van der Waals surface area contributed by atoms with Crippen molar-refractivity contribution in [1.29, 1.82) is 0 Å². The predicted octanol–water partition coefficient (Wildman–Crippen LogP) is 5.54. The van der Waals surface area contributed by atoms with Gasteiger partial charge in [0.15, 0.2) is 5.82 Å². The molecule has 1 aromatic carbocycles. The normalized spacial score (nSPS) is 13.8. The molecule has 1 aliphatic rings. The van der Waals surface area contributed by atoms with Crippen molar-refractivity contribution in [2.24, 2.45) is 0 Å². The van der Waals surface area contributed by atoms with Gasteiger partial charge in [0.25, 0.3) is 6.43 Å². The van der Waals surface area contributed by atoms with E-state index in [0.29, 0.717) is 17.3 Å². The average molecular weight is 475 g/mol. The zero-order chi connectivity index (χ0) is 21.4. The number of nitrogens with zero attached hydrogens (tertiary/aromatic N) is 4. The number of benzene rings is 1. The summed E-state index contributed by atoms with van der Waals surface area (Å²) in [6.45, 7) is 0.170. The number of rotatable bonds is 7. The molecule has 1 N–H and O–H groups in total. The summed E-state index contributed by atoms with van der Waals surface area (Å²) in [4.78, 5) is 12.5. The zero-order valence-corrected chi connectivity index (χ0v) is 17.7. The SMILES string of the molecule is O=C(Cn1nc(C(F)F)c(Cl)c1C1CC1)Nc1nn(Cc2ccc(Cl)cc2)cc1Cl. The second kappa shape index (κ2) is 8.53. The Morgan fingerprint density at radius 1 is 1.17 bits per heavy atom. The van der Waals surface area contributed by atoms with Crippen molar-refractivity contribution in [1.82, 2.24) is 19.6 Å². The molecule has 11 heteroatoms. The highest BCUT2D eigenvalue weighted by Gasteiger charge is 2.34. The summed E-state index contributed by atoms with van der Waals surface area (Å²) in [7, 11) is 0. The van der Waals surface area contributed by atoms with E-state index >= 15 is 0 Å². The van der Waals surface area contributed by atoms with Gasteiger partial charge in [0.05, 0.1) is 17.3 Å². The van der Waals surface area contributed by atoms with E-state index in [2.05, 4.69) is 15.5 Å². The minimum Gasteiger partial charge on any atom is -0.306 e. The number of anilines is 1. The average Bonchev–Trinajstić information content (AvgIpc) is 3.38. The molecule has 4 rings (SSSR count). The molecule has 158 valence electrons. The third-order valence-electron chi connectivity index (χ3n) is 4.65. The maximum absolute atomic E-state index is 13.1. The van der Waals surface area contributed by atoms with Crippen LogP contribution in [0.4, 0.5) is 14.6 Å². The van der Waals surface area contributed by atoms with Gasteiger partial charge in [0.1, 0.15) is 17.3 Å². The van der Waals surface area contributed by atoms with Gasteiger partial charge in [-0.15, -0.1) is 0 Å². The summed E-state index contributed by atoms with van der Waals surface area (Å²) >= 11 is 18.1. The van der Waals surface area contributed by atoms with Crippen LogP contribution in [0.3, 0.4) is 0 Å². The fourth-order valence-electron chi connectivity index (χ4n) is 3.13. The number of carbonyl (C=O) groups excluding carboxylic acids is 1. The van der Waals surface area contributed by atoms with E-state index in [-0.39, 0.29) is 28.3 Å². The number of alkyl halides is 2. The minimum atomic E-state index is -2.81. The van der Waals surface area contributed by atoms with Crippen LogP contribution in [-0.2, 0) is 17.9 Å². The first-order valence-corrected chi connectivity index (χ1v) is 10.3. The van der Waals surface area contributed by atoms with Crippen molar-refractivity contribution in [3.63, 3.8) is 0 Å². The van der Waals surface area contributed by atoms with E-state index in [1.165, 1.54) is 4.68 Å². The molecule has 0 radical (unpaired) electrons. The quantitative estimate of drug-likeness (QED) is 0.489. The summed E-state index contributed by atoms with van der Waals surface area (Å²) in [5.74, 6) is -0.265. The lowest BCUT2D eigenvalue weighted by Crippen LogP contribution is -2.21. The lowest BCUT2D eigenvalue weighted by molar-refractivity contribution is -0.117. The van der Waals surface area contributed by atoms with E-state index in [0.717, 1.165) is 18.4 Å². The van der Waals surface area contributed by atoms with Crippen LogP contribution in [-0.4, -0.2) is 25.5 Å². The molecule has 0 unspecified atom stereocenters. The van der Waals surface area contributed by atoms with Gasteiger partial charge >= 0.3 is 0 Å². The van der Waals surface area contributed by atoms with Crippen LogP contribution in [0.25, 0.3) is 0 Å². The van der Waals surface area contributed by atoms with Crippen molar-refractivity contribution in [3.8, 4) is 0 Å². The van der Waals surface area contributed by atoms with Crippen LogP contribution in [0.15, 0.2) is 30.5 Å². The summed E-state index contributed by atoms with van der Waals surface area (Å²) in [6.07, 6.45) is 0.436. The number of amides is 1. The monoisotopic (exact) mass is 473 g/mol. The first-order chi connectivity index (χ1) is 14.3. The maximum Gasteiger partial charge on any atom is 0.283 e. The minimum absolute atomic E-state index is 0.0486.